The average Bonchev–Trinajstić information content (AvgIpc) is 2.46. The number of ether oxygens (including phenoxy) is 1. The third kappa shape index (κ3) is 5.48. The van der Waals surface area contributed by atoms with Crippen LogP contribution in [0, 0.1) is 0 Å². The van der Waals surface area contributed by atoms with E-state index in [-0.39, 0.29) is 11.9 Å². The molecule has 116 valence electrons. The zero-order chi connectivity index (χ0) is 15.3. The van der Waals surface area contributed by atoms with Crippen LogP contribution in [0.4, 0.5) is 0 Å². The van der Waals surface area contributed by atoms with Gasteiger partial charge in [0.15, 0.2) is 0 Å². The van der Waals surface area contributed by atoms with Gasteiger partial charge in [-0.15, -0.1) is 0 Å². The van der Waals surface area contributed by atoms with E-state index in [0.717, 1.165) is 31.4 Å². The molecule has 0 bridgehead atoms. The standard InChI is InChI=1S/C17H25NO3/c1-17(2,20)9-8-13-5-3-6-14(11-13)16(19)18-15-7-4-10-21-12-15/h3,5-6,11,15,20H,4,7-10,12H2,1-2H3,(H,18,19)/t15-/m0/s1. The molecule has 1 amide bonds. The molecule has 0 radical (unpaired) electrons. The third-order valence-electron chi connectivity index (χ3n) is 3.71. The molecule has 0 unspecified atom stereocenters. The molecular formula is C17H25NO3. The van der Waals surface area contributed by atoms with Crippen molar-refractivity contribution in [2.24, 2.45) is 0 Å². The molecule has 1 aliphatic rings. The Labute approximate surface area is 126 Å². The largest absolute Gasteiger partial charge is 0.390 e. The van der Waals surface area contributed by atoms with Gasteiger partial charge in [-0.25, -0.2) is 0 Å². The van der Waals surface area contributed by atoms with Gasteiger partial charge in [-0.1, -0.05) is 12.1 Å². The topological polar surface area (TPSA) is 58.6 Å². The second-order valence-electron chi connectivity index (χ2n) is 6.40. The molecule has 1 fully saturated rings. The molecule has 1 aliphatic heterocycles. The molecule has 1 aromatic rings. The minimum absolute atomic E-state index is 0.0457. The summed E-state index contributed by atoms with van der Waals surface area (Å²) in [5.74, 6) is -0.0457. The molecule has 1 heterocycles. The van der Waals surface area contributed by atoms with Crippen LogP contribution in [0.1, 0.15) is 49.0 Å². The molecule has 1 saturated heterocycles. The summed E-state index contributed by atoms with van der Waals surface area (Å²) in [5.41, 5.74) is 1.07. The smallest absolute Gasteiger partial charge is 0.251 e. The van der Waals surface area contributed by atoms with Crippen LogP contribution in [0.2, 0.25) is 0 Å². The Morgan fingerprint density at radius 2 is 2.29 bits per heavy atom. The Morgan fingerprint density at radius 1 is 1.48 bits per heavy atom. The maximum Gasteiger partial charge on any atom is 0.251 e. The summed E-state index contributed by atoms with van der Waals surface area (Å²) in [4.78, 5) is 12.3. The van der Waals surface area contributed by atoms with E-state index in [4.69, 9.17) is 4.74 Å². The quantitative estimate of drug-likeness (QED) is 0.875. The second-order valence-corrected chi connectivity index (χ2v) is 6.40. The normalized spacial score (nSPS) is 19.3. The van der Waals surface area contributed by atoms with Crippen molar-refractivity contribution in [1.82, 2.24) is 5.32 Å². The Bertz CT molecular complexity index is 473. The van der Waals surface area contributed by atoms with E-state index in [1.54, 1.807) is 13.8 Å². The number of carbonyl (C=O) groups is 1. The monoisotopic (exact) mass is 291 g/mol. The number of aryl methyl sites for hydroxylation is 1. The predicted octanol–water partition coefficient (Wildman–Crippen LogP) is 2.30. The maximum absolute atomic E-state index is 12.3. The Morgan fingerprint density at radius 3 is 2.95 bits per heavy atom. The molecule has 0 spiro atoms. The lowest BCUT2D eigenvalue weighted by Gasteiger charge is -2.23. The zero-order valence-electron chi connectivity index (χ0n) is 12.9. The van der Waals surface area contributed by atoms with Crippen LogP contribution in [0.15, 0.2) is 24.3 Å². The van der Waals surface area contributed by atoms with Gasteiger partial charge in [-0.2, -0.15) is 0 Å². The lowest BCUT2D eigenvalue weighted by molar-refractivity contribution is 0.0624. The highest BCUT2D eigenvalue weighted by atomic mass is 16.5. The second kappa shape index (κ2) is 7.05. The fourth-order valence-corrected chi connectivity index (χ4v) is 2.44. The molecule has 4 heteroatoms. The summed E-state index contributed by atoms with van der Waals surface area (Å²) < 4.78 is 5.38. The van der Waals surface area contributed by atoms with Gasteiger partial charge in [-0.05, 0) is 57.2 Å². The van der Waals surface area contributed by atoms with E-state index in [9.17, 15) is 9.90 Å². The fraction of sp³-hybridized carbons (Fsp3) is 0.588. The van der Waals surface area contributed by atoms with Crippen LogP contribution in [-0.4, -0.2) is 35.9 Å². The van der Waals surface area contributed by atoms with Crippen molar-refractivity contribution >= 4 is 5.91 Å². The number of aliphatic hydroxyl groups is 1. The molecule has 1 atom stereocenters. The van der Waals surface area contributed by atoms with Crippen molar-refractivity contribution in [1.29, 1.82) is 0 Å². The number of carbonyl (C=O) groups excluding carboxylic acids is 1. The molecule has 0 aliphatic carbocycles. The van der Waals surface area contributed by atoms with E-state index >= 15 is 0 Å². The van der Waals surface area contributed by atoms with E-state index in [1.165, 1.54) is 0 Å². The Kier molecular flexibility index (Phi) is 5.37. The number of hydrogen-bond acceptors (Lipinski definition) is 3. The van der Waals surface area contributed by atoms with Crippen LogP contribution in [0.5, 0.6) is 0 Å². The van der Waals surface area contributed by atoms with Crippen molar-refractivity contribution in [2.45, 2.75) is 51.2 Å². The van der Waals surface area contributed by atoms with Crippen LogP contribution in [0.3, 0.4) is 0 Å². The number of benzene rings is 1. The summed E-state index contributed by atoms with van der Waals surface area (Å²) in [6.45, 7) is 4.99. The van der Waals surface area contributed by atoms with Gasteiger partial charge in [0.25, 0.3) is 5.91 Å². The highest BCUT2D eigenvalue weighted by Crippen LogP contribution is 2.15. The summed E-state index contributed by atoms with van der Waals surface area (Å²) in [6.07, 6.45) is 3.41. The number of amides is 1. The Hall–Kier alpha value is -1.39. The molecular weight excluding hydrogens is 266 g/mol. The number of nitrogens with one attached hydrogen (secondary N) is 1. The first-order valence-corrected chi connectivity index (χ1v) is 7.64. The summed E-state index contributed by atoms with van der Waals surface area (Å²) in [6, 6.07) is 7.74. The summed E-state index contributed by atoms with van der Waals surface area (Å²) in [5, 5.41) is 12.8. The lowest BCUT2D eigenvalue weighted by atomic mass is 9.97. The van der Waals surface area contributed by atoms with Crippen molar-refractivity contribution in [3.05, 3.63) is 35.4 Å². The van der Waals surface area contributed by atoms with Crippen LogP contribution in [0.25, 0.3) is 0 Å². The van der Waals surface area contributed by atoms with Crippen molar-refractivity contribution in [3.63, 3.8) is 0 Å². The minimum atomic E-state index is -0.683. The van der Waals surface area contributed by atoms with Gasteiger partial charge in [0, 0.05) is 12.2 Å². The van der Waals surface area contributed by atoms with Crippen molar-refractivity contribution in [2.75, 3.05) is 13.2 Å². The number of hydrogen-bond donors (Lipinski definition) is 2. The van der Waals surface area contributed by atoms with Gasteiger partial charge < -0.3 is 15.2 Å². The fourth-order valence-electron chi connectivity index (χ4n) is 2.44. The van der Waals surface area contributed by atoms with Gasteiger partial charge in [0.1, 0.15) is 0 Å². The Balaban J connectivity index is 1.94. The zero-order valence-corrected chi connectivity index (χ0v) is 12.9. The maximum atomic E-state index is 12.3. The van der Waals surface area contributed by atoms with Crippen LogP contribution in [-0.2, 0) is 11.2 Å². The van der Waals surface area contributed by atoms with Gasteiger partial charge >= 0.3 is 0 Å². The van der Waals surface area contributed by atoms with Crippen LogP contribution >= 0.6 is 0 Å². The highest BCUT2D eigenvalue weighted by molar-refractivity contribution is 5.94. The predicted molar refractivity (Wildman–Crippen MR) is 82.4 cm³/mol. The molecule has 4 nitrogen and oxygen atoms in total. The van der Waals surface area contributed by atoms with E-state index in [2.05, 4.69) is 5.32 Å². The third-order valence-corrected chi connectivity index (χ3v) is 3.71. The molecule has 0 aromatic heterocycles. The van der Waals surface area contributed by atoms with Gasteiger partial charge in [0.2, 0.25) is 0 Å². The van der Waals surface area contributed by atoms with E-state index in [0.29, 0.717) is 18.6 Å². The highest BCUT2D eigenvalue weighted by Gasteiger charge is 2.17. The van der Waals surface area contributed by atoms with Gasteiger partial charge in [-0.3, -0.25) is 4.79 Å². The molecule has 21 heavy (non-hydrogen) atoms. The summed E-state index contributed by atoms with van der Waals surface area (Å²) in [7, 11) is 0. The first-order valence-electron chi connectivity index (χ1n) is 7.64. The molecule has 1 aromatic carbocycles. The first-order chi connectivity index (χ1) is 9.94. The van der Waals surface area contributed by atoms with Crippen LogP contribution < -0.4 is 5.32 Å². The van der Waals surface area contributed by atoms with Crippen molar-refractivity contribution in [3.8, 4) is 0 Å². The SMILES string of the molecule is CC(C)(O)CCc1cccc(C(=O)N[C@H]2CCCOC2)c1. The minimum Gasteiger partial charge on any atom is -0.390 e. The molecule has 2 rings (SSSR count). The van der Waals surface area contributed by atoms with Crippen molar-refractivity contribution < 1.29 is 14.6 Å². The molecule has 0 saturated carbocycles. The number of rotatable bonds is 5. The van der Waals surface area contributed by atoms with E-state index in [1.807, 2.05) is 24.3 Å². The summed E-state index contributed by atoms with van der Waals surface area (Å²) >= 11 is 0. The lowest BCUT2D eigenvalue weighted by Crippen LogP contribution is -2.40. The van der Waals surface area contributed by atoms with Gasteiger partial charge in [0.05, 0.1) is 18.2 Å². The first kappa shape index (κ1) is 16.0. The molecule has 2 N–H and O–H groups in total. The average molecular weight is 291 g/mol. The van der Waals surface area contributed by atoms with E-state index < -0.39 is 5.60 Å².